The predicted octanol–water partition coefficient (Wildman–Crippen LogP) is 4.90. The van der Waals surface area contributed by atoms with Gasteiger partial charge in [0.25, 0.3) is 0 Å². The van der Waals surface area contributed by atoms with Crippen LogP contribution in [-0.4, -0.2) is 31.7 Å². The third-order valence-corrected chi connectivity index (χ3v) is 4.58. The lowest BCUT2D eigenvalue weighted by molar-refractivity contribution is -0.117. The zero-order valence-corrected chi connectivity index (χ0v) is 16.9. The van der Waals surface area contributed by atoms with Crippen LogP contribution in [-0.2, 0) is 16.0 Å². The van der Waals surface area contributed by atoms with Crippen molar-refractivity contribution in [2.24, 2.45) is 0 Å². The molecule has 27 heavy (non-hydrogen) atoms. The molecule has 1 aliphatic heterocycles. The normalized spacial score (nSPS) is 13.6. The van der Waals surface area contributed by atoms with Gasteiger partial charge in [-0.3, -0.25) is 4.79 Å². The highest BCUT2D eigenvalue weighted by molar-refractivity contribution is 6.34. The Labute approximate surface area is 164 Å². The summed E-state index contributed by atoms with van der Waals surface area (Å²) in [6.45, 7) is 5.29. The smallest absolute Gasteiger partial charge is 0.421 e. The number of nitrogens with zero attached hydrogens (tertiary/aromatic N) is 2. The van der Waals surface area contributed by atoms with Crippen LogP contribution in [0.3, 0.4) is 0 Å². The third-order valence-electron chi connectivity index (χ3n) is 4.27. The fourth-order valence-corrected chi connectivity index (χ4v) is 3.27. The molecule has 2 aromatic rings. The lowest BCUT2D eigenvalue weighted by Crippen LogP contribution is -2.38. The van der Waals surface area contributed by atoms with Crippen LogP contribution in [0.25, 0.3) is 11.1 Å². The van der Waals surface area contributed by atoms with E-state index in [1.54, 1.807) is 26.8 Å². The quantitative estimate of drug-likeness (QED) is 0.736. The molecule has 0 saturated carbocycles. The molecule has 0 unspecified atom stereocenters. The van der Waals surface area contributed by atoms with Crippen LogP contribution in [0.2, 0.25) is 5.02 Å². The zero-order chi connectivity index (χ0) is 19.9. The minimum atomic E-state index is -0.683. The Kier molecular flexibility index (Phi) is 4.91. The Morgan fingerprint density at radius 3 is 2.33 bits per heavy atom. The molecule has 1 aliphatic rings. The van der Waals surface area contributed by atoms with Gasteiger partial charge in [-0.05, 0) is 56.2 Å². The van der Waals surface area contributed by atoms with Gasteiger partial charge < -0.3 is 9.64 Å². The van der Waals surface area contributed by atoms with Gasteiger partial charge in [0.15, 0.2) is 0 Å². The first-order valence-electron chi connectivity index (χ1n) is 8.73. The summed E-state index contributed by atoms with van der Waals surface area (Å²) < 4.78 is 5.36. The van der Waals surface area contributed by atoms with Crippen LogP contribution in [0.1, 0.15) is 26.3 Å². The summed E-state index contributed by atoms with van der Waals surface area (Å²) in [5.74, 6) is -0.310. The van der Waals surface area contributed by atoms with E-state index in [9.17, 15) is 9.59 Å². The fraction of sp³-hybridized carbons (Fsp3) is 0.333. The molecule has 3 rings (SSSR count). The summed E-state index contributed by atoms with van der Waals surface area (Å²) in [4.78, 5) is 27.9. The molecule has 0 saturated heterocycles. The van der Waals surface area contributed by atoms with Crippen LogP contribution in [0.15, 0.2) is 36.4 Å². The third kappa shape index (κ3) is 3.93. The molecule has 6 heteroatoms. The van der Waals surface area contributed by atoms with Crippen molar-refractivity contribution in [2.45, 2.75) is 32.8 Å². The van der Waals surface area contributed by atoms with Crippen LogP contribution in [0.5, 0.6) is 0 Å². The van der Waals surface area contributed by atoms with E-state index in [0.29, 0.717) is 10.7 Å². The number of carbonyl (C=O) groups is 2. The van der Waals surface area contributed by atoms with Gasteiger partial charge >= 0.3 is 6.09 Å². The molecule has 2 amide bonds. The van der Waals surface area contributed by atoms with Gasteiger partial charge in [0.1, 0.15) is 5.60 Å². The van der Waals surface area contributed by atoms with Gasteiger partial charge in [0.05, 0.1) is 17.1 Å². The number of fused-ring (bicyclic) bond motifs is 1. The number of imide groups is 1. The number of amides is 2. The minimum absolute atomic E-state index is 0.147. The van der Waals surface area contributed by atoms with Gasteiger partial charge in [0, 0.05) is 25.3 Å². The molecule has 0 N–H and O–H groups in total. The first-order valence-corrected chi connectivity index (χ1v) is 9.11. The van der Waals surface area contributed by atoms with Crippen LogP contribution in [0, 0.1) is 0 Å². The number of halogens is 1. The van der Waals surface area contributed by atoms with Crippen molar-refractivity contribution in [1.29, 1.82) is 0 Å². The first-order chi connectivity index (χ1) is 12.6. The number of rotatable bonds is 2. The highest BCUT2D eigenvalue weighted by atomic mass is 35.5. The number of benzene rings is 2. The number of ether oxygens (including phenoxy) is 1. The lowest BCUT2D eigenvalue weighted by atomic mass is 10.0. The average molecular weight is 387 g/mol. The van der Waals surface area contributed by atoms with E-state index in [1.807, 2.05) is 49.3 Å². The molecular formula is C21H23ClN2O3. The van der Waals surface area contributed by atoms with Crippen LogP contribution >= 0.6 is 11.6 Å². The molecule has 0 atom stereocenters. The lowest BCUT2D eigenvalue weighted by Gasteiger charge is -2.24. The summed E-state index contributed by atoms with van der Waals surface area (Å²) in [5.41, 5.74) is 3.45. The van der Waals surface area contributed by atoms with Crippen LogP contribution < -0.4 is 9.80 Å². The maximum atomic E-state index is 12.4. The van der Waals surface area contributed by atoms with Crippen LogP contribution in [0.4, 0.5) is 16.2 Å². The van der Waals surface area contributed by atoms with E-state index in [2.05, 4.69) is 0 Å². The Hall–Kier alpha value is -2.53. The maximum absolute atomic E-state index is 12.4. The fourth-order valence-electron chi connectivity index (χ4n) is 3.00. The zero-order valence-electron chi connectivity index (χ0n) is 16.2. The number of hydrogen-bond acceptors (Lipinski definition) is 4. The Balaban J connectivity index is 1.96. The number of anilines is 2. The Morgan fingerprint density at radius 2 is 1.78 bits per heavy atom. The van der Waals surface area contributed by atoms with E-state index in [1.165, 1.54) is 0 Å². The van der Waals surface area contributed by atoms with E-state index in [-0.39, 0.29) is 12.3 Å². The van der Waals surface area contributed by atoms with Gasteiger partial charge in [-0.1, -0.05) is 23.7 Å². The average Bonchev–Trinajstić information content (AvgIpc) is 2.87. The SMILES string of the molecule is CN(C)c1ccc(-c2cc3c(cc2Cl)N(C(=O)OC(C)(C)C)C(=O)C3)cc1. The van der Waals surface area contributed by atoms with E-state index in [4.69, 9.17) is 16.3 Å². The summed E-state index contributed by atoms with van der Waals surface area (Å²) in [6.07, 6.45) is -0.528. The van der Waals surface area contributed by atoms with Crippen molar-refractivity contribution in [1.82, 2.24) is 0 Å². The molecule has 0 fully saturated rings. The minimum Gasteiger partial charge on any atom is -0.443 e. The van der Waals surface area contributed by atoms with Gasteiger partial charge in [-0.15, -0.1) is 0 Å². The summed E-state index contributed by atoms with van der Waals surface area (Å²) in [6, 6.07) is 11.6. The summed E-state index contributed by atoms with van der Waals surface area (Å²) >= 11 is 6.50. The largest absolute Gasteiger partial charge is 0.443 e. The van der Waals surface area contributed by atoms with Gasteiger partial charge in [-0.2, -0.15) is 0 Å². The van der Waals surface area contributed by atoms with E-state index >= 15 is 0 Å². The molecule has 142 valence electrons. The molecule has 2 aromatic carbocycles. The second-order valence-corrected chi connectivity index (χ2v) is 8.20. The van der Waals surface area contributed by atoms with Crippen molar-refractivity contribution in [3.63, 3.8) is 0 Å². The van der Waals surface area contributed by atoms with Gasteiger partial charge in [-0.25, -0.2) is 9.69 Å². The maximum Gasteiger partial charge on any atom is 0.421 e. The van der Waals surface area contributed by atoms with Crippen molar-refractivity contribution in [2.75, 3.05) is 23.9 Å². The predicted molar refractivity (Wildman–Crippen MR) is 109 cm³/mol. The number of carbonyl (C=O) groups excluding carboxylic acids is 2. The monoisotopic (exact) mass is 386 g/mol. The topological polar surface area (TPSA) is 49.9 Å². The Morgan fingerprint density at radius 1 is 1.15 bits per heavy atom. The molecule has 0 radical (unpaired) electrons. The van der Waals surface area contributed by atoms with Crippen molar-refractivity contribution < 1.29 is 14.3 Å². The molecule has 0 aromatic heterocycles. The van der Waals surface area contributed by atoms with E-state index < -0.39 is 11.7 Å². The van der Waals surface area contributed by atoms with Crippen molar-refractivity contribution in [3.05, 3.63) is 47.0 Å². The molecule has 0 spiro atoms. The number of hydrogen-bond donors (Lipinski definition) is 0. The molecule has 5 nitrogen and oxygen atoms in total. The first kappa shape index (κ1) is 19.2. The van der Waals surface area contributed by atoms with Gasteiger partial charge in [0.2, 0.25) is 5.91 Å². The molecule has 0 aliphatic carbocycles. The summed E-state index contributed by atoms with van der Waals surface area (Å²) in [5, 5.41) is 0.481. The molecule has 1 heterocycles. The van der Waals surface area contributed by atoms with E-state index in [0.717, 1.165) is 27.3 Å². The Bertz CT molecular complexity index is 899. The molecular weight excluding hydrogens is 364 g/mol. The summed E-state index contributed by atoms with van der Waals surface area (Å²) in [7, 11) is 3.96. The van der Waals surface area contributed by atoms with Crippen molar-refractivity contribution in [3.8, 4) is 11.1 Å². The highest BCUT2D eigenvalue weighted by Crippen LogP contribution is 2.39. The second kappa shape index (κ2) is 6.89. The standard InChI is InChI=1S/C21H23ClN2O3/c1-21(2,3)27-20(26)24-18-12-17(22)16(10-14(18)11-19(24)25)13-6-8-15(9-7-13)23(4)5/h6-10,12H,11H2,1-5H3. The van der Waals surface area contributed by atoms with Crippen molar-refractivity contribution >= 4 is 35.0 Å². The molecule has 0 bridgehead atoms. The second-order valence-electron chi connectivity index (χ2n) is 7.79. The highest BCUT2D eigenvalue weighted by Gasteiger charge is 2.36.